The molecule has 1 aliphatic rings. The number of carbonyl (C=O) groups excluding carboxylic acids is 1. The molecular formula is C23H24Cl4N4O2. The van der Waals surface area contributed by atoms with Crippen molar-refractivity contribution in [1.29, 1.82) is 5.41 Å². The second-order valence-electron chi connectivity index (χ2n) is 7.60. The van der Waals surface area contributed by atoms with Gasteiger partial charge in [0.25, 0.3) is 5.91 Å². The van der Waals surface area contributed by atoms with Gasteiger partial charge in [0.15, 0.2) is 5.90 Å². The number of rotatable bonds is 9. The summed E-state index contributed by atoms with van der Waals surface area (Å²) < 4.78 is 5.65. The number of carbonyl (C=O) groups is 1. The molecule has 0 saturated carbocycles. The summed E-state index contributed by atoms with van der Waals surface area (Å²) in [6.07, 6.45) is 6.13. The highest BCUT2D eigenvalue weighted by Gasteiger charge is 2.30. The molecule has 1 fully saturated rings. The van der Waals surface area contributed by atoms with Crippen LogP contribution >= 0.6 is 46.4 Å². The lowest BCUT2D eigenvalue weighted by atomic mass is 10.1. The first-order valence-electron chi connectivity index (χ1n) is 10.6. The first-order valence-corrected chi connectivity index (χ1v) is 12.2. The number of nitrogens with zero attached hydrogens (tertiary/aromatic N) is 2. The minimum Gasteiger partial charge on any atom is -0.444 e. The number of amidine groups is 1. The molecule has 1 amide bonds. The largest absolute Gasteiger partial charge is 0.444 e. The fraction of sp³-hybridized carbons (Fsp3) is 0.348. The Labute approximate surface area is 213 Å². The number of hydrazine groups is 1. The maximum atomic E-state index is 12.6. The van der Waals surface area contributed by atoms with Crippen molar-refractivity contribution in [3.8, 4) is 5.75 Å². The number of benzene rings is 2. The van der Waals surface area contributed by atoms with Crippen LogP contribution in [0.15, 0.2) is 35.3 Å². The predicted octanol–water partition coefficient (Wildman–Crippen LogP) is 7.99. The van der Waals surface area contributed by atoms with Crippen molar-refractivity contribution in [2.45, 2.75) is 51.9 Å². The maximum Gasteiger partial charge on any atom is 0.253 e. The summed E-state index contributed by atoms with van der Waals surface area (Å²) in [4.78, 5) is 17.0. The van der Waals surface area contributed by atoms with Gasteiger partial charge in [-0.05, 0) is 30.7 Å². The molecule has 0 bridgehead atoms. The van der Waals surface area contributed by atoms with Gasteiger partial charge in [-0.1, -0.05) is 79.0 Å². The van der Waals surface area contributed by atoms with Crippen LogP contribution in [0.2, 0.25) is 20.1 Å². The summed E-state index contributed by atoms with van der Waals surface area (Å²) in [7, 11) is 0. The molecule has 33 heavy (non-hydrogen) atoms. The number of ether oxygens (including phenoxy) is 1. The molecule has 0 unspecified atom stereocenters. The van der Waals surface area contributed by atoms with Crippen molar-refractivity contribution in [3.05, 3.63) is 50.4 Å². The third kappa shape index (κ3) is 7.00. The van der Waals surface area contributed by atoms with Gasteiger partial charge in [0.2, 0.25) is 0 Å². The van der Waals surface area contributed by atoms with Crippen LogP contribution in [0.4, 0.5) is 11.4 Å². The third-order valence-electron chi connectivity index (χ3n) is 4.94. The Kier molecular flexibility index (Phi) is 9.27. The topological polar surface area (TPSA) is 77.8 Å². The van der Waals surface area contributed by atoms with Crippen molar-refractivity contribution >= 4 is 75.4 Å². The van der Waals surface area contributed by atoms with E-state index in [2.05, 4.69) is 17.3 Å². The SMILES string of the molecule is CCCCCCCC(=N)Oc1ccc(Cl)c(N=C2CC(=O)N(c3c(Cl)cc(Cl)cc3Cl)N2)c1. The van der Waals surface area contributed by atoms with Gasteiger partial charge in [-0.25, -0.2) is 10.0 Å². The van der Waals surface area contributed by atoms with Gasteiger partial charge < -0.3 is 4.74 Å². The van der Waals surface area contributed by atoms with Gasteiger partial charge in [0.1, 0.15) is 17.3 Å². The third-order valence-corrected chi connectivity index (χ3v) is 6.05. The van der Waals surface area contributed by atoms with E-state index in [1.807, 2.05) is 0 Å². The first kappa shape index (κ1) is 25.6. The van der Waals surface area contributed by atoms with Crippen molar-refractivity contribution in [3.63, 3.8) is 0 Å². The molecular weight excluding hydrogens is 506 g/mol. The van der Waals surface area contributed by atoms with Crippen LogP contribution < -0.4 is 15.2 Å². The van der Waals surface area contributed by atoms with Crippen molar-refractivity contribution < 1.29 is 9.53 Å². The van der Waals surface area contributed by atoms with Gasteiger partial charge in [-0.2, -0.15) is 0 Å². The molecule has 176 valence electrons. The van der Waals surface area contributed by atoms with Crippen LogP contribution in [-0.4, -0.2) is 17.6 Å². The summed E-state index contributed by atoms with van der Waals surface area (Å²) in [6, 6.07) is 7.98. The van der Waals surface area contributed by atoms with Crippen LogP contribution in [0.25, 0.3) is 0 Å². The Balaban J connectivity index is 1.70. The van der Waals surface area contributed by atoms with Crippen LogP contribution in [0, 0.1) is 5.41 Å². The summed E-state index contributed by atoms with van der Waals surface area (Å²) in [5.41, 5.74) is 3.63. The number of unbranched alkanes of at least 4 members (excludes halogenated alkanes) is 4. The molecule has 1 saturated heterocycles. The van der Waals surface area contributed by atoms with Gasteiger partial charge in [0.05, 0.1) is 27.2 Å². The molecule has 3 rings (SSSR count). The minimum absolute atomic E-state index is 0.00424. The lowest BCUT2D eigenvalue weighted by Gasteiger charge is -2.19. The number of hydrogen-bond donors (Lipinski definition) is 2. The van der Waals surface area contributed by atoms with Gasteiger partial charge in [-0.15, -0.1) is 0 Å². The van der Waals surface area contributed by atoms with Crippen LogP contribution in [0.5, 0.6) is 5.75 Å². The van der Waals surface area contributed by atoms with E-state index in [0.29, 0.717) is 39.4 Å². The normalized spacial score (nSPS) is 14.6. The van der Waals surface area contributed by atoms with Gasteiger partial charge >= 0.3 is 0 Å². The Morgan fingerprint density at radius 1 is 1.06 bits per heavy atom. The zero-order chi connectivity index (χ0) is 24.0. The van der Waals surface area contributed by atoms with Gasteiger partial charge in [0, 0.05) is 17.5 Å². The van der Waals surface area contributed by atoms with E-state index in [4.69, 9.17) is 56.5 Å². The summed E-state index contributed by atoms with van der Waals surface area (Å²) in [5.74, 6) is 0.738. The molecule has 0 radical (unpaired) electrons. The highest BCUT2D eigenvalue weighted by atomic mass is 35.5. The summed E-state index contributed by atoms with van der Waals surface area (Å²) in [5, 5.41) is 10.5. The fourth-order valence-corrected chi connectivity index (χ4v) is 4.46. The Hall–Kier alpha value is -1.99. The maximum absolute atomic E-state index is 12.6. The molecule has 6 nitrogen and oxygen atoms in total. The molecule has 1 heterocycles. The highest BCUT2D eigenvalue weighted by Crippen LogP contribution is 2.37. The Morgan fingerprint density at radius 3 is 2.45 bits per heavy atom. The van der Waals surface area contributed by atoms with E-state index in [0.717, 1.165) is 12.8 Å². The molecule has 0 aromatic heterocycles. The Bertz CT molecular complexity index is 1050. The fourth-order valence-electron chi connectivity index (χ4n) is 3.32. The minimum atomic E-state index is -0.284. The number of nitrogens with one attached hydrogen (secondary N) is 2. The van der Waals surface area contributed by atoms with E-state index < -0.39 is 0 Å². The molecule has 10 heteroatoms. The van der Waals surface area contributed by atoms with Crippen LogP contribution in [0.3, 0.4) is 0 Å². The molecule has 1 aliphatic heterocycles. The van der Waals surface area contributed by atoms with Crippen molar-refractivity contribution in [1.82, 2.24) is 5.43 Å². The quantitative estimate of drug-likeness (QED) is 0.196. The van der Waals surface area contributed by atoms with E-state index in [1.165, 1.54) is 36.4 Å². The van der Waals surface area contributed by atoms with E-state index in [-0.39, 0.29) is 28.3 Å². The molecule has 0 spiro atoms. The Morgan fingerprint density at radius 2 is 1.76 bits per heavy atom. The average molecular weight is 530 g/mol. The van der Waals surface area contributed by atoms with Crippen LogP contribution in [-0.2, 0) is 4.79 Å². The first-order chi connectivity index (χ1) is 15.8. The molecule has 0 aliphatic carbocycles. The van der Waals surface area contributed by atoms with E-state index in [1.54, 1.807) is 18.2 Å². The number of amides is 1. The standard InChI is InChI=1S/C23H24Cl4N4O2/c1-2-3-4-5-6-7-20(28)33-15-8-9-16(25)19(12-15)29-21-13-22(32)31(30-21)23-17(26)10-14(24)11-18(23)27/h8-12,28H,2-7,13H2,1H3,(H,29,30). The van der Waals surface area contributed by atoms with Crippen LogP contribution in [0.1, 0.15) is 51.9 Å². The smallest absolute Gasteiger partial charge is 0.253 e. The zero-order valence-corrected chi connectivity index (χ0v) is 21.1. The molecule has 2 aromatic rings. The van der Waals surface area contributed by atoms with E-state index >= 15 is 0 Å². The number of hydrogen-bond acceptors (Lipinski definition) is 4. The highest BCUT2D eigenvalue weighted by molar-refractivity contribution is 6.42. The monoisotopic (exact) mass is 528 g/mol. The van der Waals surface area contributed by atoms with Crippen molar-refractivity contribution in [2.75, 3.05) is 5.01 Å². The lowest BCUT2D eigenvalue weighted by molar-refractivity contribution is -0.116. The predicted molar refractivity (Wildman–Crippen MR) is 137 cm³/mol. The lowest BCUT2D eigenvalue weighted by Crippen LogP contribution is -2.36. The summed E-state index contributed by atoms with van der Waals surface area (Å²) in [6.45, 7) is 2.17. The zero-order valence-electron chi connectivity index (χ0n) is 18.1. The van der Waals surface area contributed by atoms with Crippen molar-refractivity contribution in [2.24, 2.45) is 4.99 Å². The van der Waals surface area contributed by atoms with E-state index in [9.17, 15) is 4.79 Å². The number of aliphatic imine (C=N–C) groups is 1. The molecule has 2 aromatic carbocycles. The number of anilines is 1. The summed E-state index contributed by atoms with van der Waals surface area (Å²) >= 11 is 24.7. The molecule has 2 N–H and O–H groups in total. The van der Waals surface area contributed by atoms with Gasteiger partial charge in [-0.3, -0.25) is 15.6 Å². The average Bonchev–Trinajstić information content (AvgIpc) is 3.09. The number of halogens is 4. The second kappa shape index (κ2) is 11.9. The second-order valence-corrected chi connectivity index (χ2v) is 9.25. The molecule has 0 atom stereocenters.